The Balaban J connectivity index is 1.94. The van der Waals surface area contributed by atoms with Crippen LogP contribution >= 0.6 is 15.9 Å². The largest absolute Gasteiger partial charge is 0.337 e. The summed E-state index contributed by atoms with van der Waals surface area (Å²) in [6.07, 6.45) is 5.81. The van der Waals surface area contributed by atoms with Gasteiger partial charge in [-0.3, -0.25) is 0 Å². The highest BCUT2D eigenvalue weighted by atomic mass is 79.9. The summed E-state index contributed by atoms with van der Waals surface area (Å²) in [6.45, 7) is 2.83. The summed E-state index contributed by atoms with van der Waals surface area (Å²) in [4.78, 5) is 2.57. The van der Waals surface area contributed by atoms with E-state index >= 15 is 0 Å². The second kappa shape index (κ2) is 3.67. The van der Waals surface area contributed by atoms with Gasteiger partial charge in [0.05, 0.1) is 20.1 Å². The van der Waals surface area contributed by atoms with Crippen molar-refractivity contribution in [3.05, 3.63) is 0 Å². The van der Waals surface area contributed by atoms with Crippen molar-refractivity contribution in [2.45, 2.75) is 30.5 Å². The number of alkyl halides is 1. The SMILES string of the molecule is C[NH+]1CC[C@H]2CC[C@H](Br)C[C@@H]2C1. The van der Waals surface area contributed by atoms with Crippen LogP contribution in [-0.2, 0) is 0 Å². The summed E-state index contributed by atoms with van der Waals surface area (Å²) in [6, 6.07) is 0. The standard InChI is InChI=1S/C10H18BrN/c1-12-5-4-8-2-3-10(11)6-9(8)7-12/h8-10H,2-7H2,1H3/p+1/t8-,9-,10+/m1/s1. The van der Waals surface area contributed by atoms with Crippen LogP contribution in [0.2, 0.25) is 0 Å². The molecule has 1 aliphatic heterocycles. The molecule has 1 saturated carbocycles. The Hall–Kier alpha value is 0.440. The lowest BCUT2D eigenvalue weighted by molar-refractivity contribution is -0.890. The van der Waals surface area contributed by atoms with Crippen LogP contribution in [-0.4, -0.2) is 25.0 Å². The monoisotopic (exact) mass is 232 g/mol. The van der Waals surface area contributed by atoms with E-state index in [-0.39, 0.29) is 0 Å². The highest BCUT2D eigenvalue weighted by Crippen LogP contribution is 2.35. The van der Waals surface area contributed by atoms with Gasteiger partial charge in [-0.15, -0.1) is 0 Å². The maximum absolute atomic E-state index is 3.76. The molecular formula is C10H19BrN+. The van der Waals surface area contributed by atoms with Gasteiger partial charge in [-0.05, 0) is 31.6 Å². The summed E-state index contributed by atoms with van der Waals surface area (Å²) in [7, 11) is 2.34. The maximum Gasteiger partial charge on any atom is 0.0800 e. The molecule has 1 unspecified atom stereocenters. The highest BCUT2D eigenvalue weighted by molar-refractivity contribution is 9.09. The third-order valence-corrected chi connectivity index (χ3v) is 4.46. The molecule has 1 nitrogen and oxygen atoms in total. The minimum atomic E-state index is 0.824. The van der Waals surface area contributed by atoms with Crippen molar-refractivity contribution < 1.29 is 4.90 Å². The van der Waals surface area contributed by atoms with Crippen LogP contribution in [0.4, 0.5) is 0 Å². The molecular weight excluding hydrogens is 214 g/mol. The predicted octanol–water partition coefficient (Wildman–Crippen LogP) is 1.08. The molecule has 2 aliphatic rings. The molecule has 1 heterocycles. The number of hydrogen-bond acceptors (Lipinski definition) is 0. The normalized spacial score (nSPS) is 48.5. The maximum atomic E-state index is 3.76. The Morgan fingerprint density at radius 2 is 2.00 bits per heavy atom. The molecule has 1 aliphatic carbocycles. The number of fused-ring (bicyclic) bond motifs is 1. The van der Waals surface area contributed by atoms with Crippen LogP contribution in [0.25, 0.3) is 0 Å². The van der Waals surface area contributed by atoms with Crippen molar-refractivity contribution in [1.29, 1.82) is 0 Å². The molecule has 0 amide bonds. The third kappa shape index (κ3) is 1.85. The first-order valence-corrected chi connectivity index (χ1v) is 6.12. The van der Waals surface area contributed by atoms with E-state index in [2.05, 4.69) is 23.0 Å². The first kappa shape index (κ1) is 9.01. The zero-order chi connectivity index (χ0) is 8.55. The second-order valence-electron chi connectivity index (χ2n) is 4.63. The Kier molecular flexibility index (Phi) is 2.75. The van der Waals surface area contributed by atoms with Gasteiger partial charge in [-0.25, -0.2) is 0 Å². The summed E-state index contributed by atoms with van der Waals surface area (Å²) in [5.41, 5.74) is 0. The van der Waals surface area contributed by atoms with Gasteiger partial charge < -0.3 is 4.90 Å². The van der Waals surface area contributed by atoms with Gasteiger partial charge in [0.1, 0.15) is 0 Å². The first-order chi connectivity index (χ1) is 5.75. The lowest BCUT2D eigenvalue weighted by Gasteiger charge is -2.39. The van der Waals surface area contributed by atoms with Crippen molar-refractivity contribution in [3.8, 4) is 0 Å². The van der Waals surface area contributed by atoms with Gasteiger partial charge in [-0.1, -0.05) is 15.9 Å². The molecule has 0 aromatic heterocycles. The molecule has 0 bridgehead atoms. The summed E-state index contributed by atoms with van der Waals surface area (Å²) in [5.74, 6) is 2.10. The number of halogens is 1. The molecule has 0 spiro atoms. The van der Waals surface area contributed by atoms with E-state index in [4.69, 9.17) is 0 Å². The molecule has 2 heteroatoms. The molecule has 2 fully saturated rings. The van der Waals surface area contributed by atoms with Gasteiger partial charge >= 0.3 is 0 Å². The summed E-state index contributed by atoms with van der Waals surface area (Å²) >= 11 is 3.76. The number of rotatable bonds is 0. The zero-order valence-corrected chi connectivity index (χ0v) is 9.44. The molecule has 0 radical (unpaired) electrons. The van der Waals surface area contributed by atoms with E-state index in [1.165, 1.54) is 38.8 Å². The third-order valence-electron chi connectivity index (χ3n) is 3.63. The van der Waals surface area contributed by atoms with Crippen molar-refractivity contribution in [1.82, 2.24) is 0 Å². The van der Waals surface area contributed by atoms with Crippen molar-refractivity contribution in [2.75, 3.05) is 20.1 Å². The second-order valence-corrected chi connectivity index (χ2v) is 5.93. The highest BCUT2D eigenvalue weighted by Gasteiger charge is 2.34. The lowest BCUT2D eigenvalue weighted by Crippen LogP contribution is -3.11. The zero-order valence-electron chi connectivity index (χ0n) is 7.85. The van der Waals surface area contributed by atoms with Crippen molar-refractivity contribution in [3.63, 3.8) is 0 Å². The topological polar surface area (TPSA) is 4.44 Å². The van der Waals surface area contributed by atoms with E-state index in [0.29, 0.717) is 0 Å². The van der Waals surface area contributed by atoms with Gasteiger partial charge in [0, 0.05) is 10.7 Å². The minimum absolute atomic E-state index is 0.824. The molecule has 1 N–H and O–H groups in total. The fraction of sp³-hybridized carbons (Fsp3) is 1.00. The van der Waals surface area contributed by atoms with Crippen LogP contribution in [0.3, 0.4) is 0 Å². The Bertz CT molecular complexity index is 144. The van der Waals surface area contributed by atoms with Crippen LogP contribution < -0.4 is 4.90 Å². The predicted molar refractivity (Wildman–Crippen MR) is 54.8 cm³/mol. The van der Waals surface area contributed by atoms with E-state index < -0.39 is 0 Å². The molecule has 0 aromatic carbocycles. The van der Waals surface area contributed by atoms with Gasteiger partial charge in [-0.2, -0.15) is 0 Å². The average Bonchev–Trinajstić information content (AvgIpc) is 2.03. The van der Waals surface area contributed by atoms with Gasteiger partial charge in [0.25, 0.3) is 0 Å². The van der Waals surface area contributed by atoms with E-state index in [0.717, 1.165) is 16.7 Å². The number of hydrogen-bond donors (Lipinski definition) is 1. The van der Waals surface area contributed by atoms with Gasteiger partial charge in [0.15, 0.2) is 0 Å². The van der Waals surface area contributed by atoms with Crippen LogP contribution in [0.1, 0.15) is 25.7 Å². The molecule has 1 saturated heterocycles. The number of quaternary nitrogens is 1. The fourth-order valence-electron chi connectivity index (χ4n) is 2.88. The molecule has 2 rings (SSSR count). The smallest absolute Gasteiger partial charge is 0.0800 e. The Labute approximate surface area is 83.6 Å². The van der Waals surface area contributed by atoms with Crippen molar-refractivity contribution in [2.24, 2.45) is 11.8 Å². The molecule has 4 atom stereocenters. The van der Waals surface area contributed by atoms with E-state index in [1.807, 2.05) is 0 Å². The summed E-state index contributed by atoms with van der Waals surface area (Å²) < 4.78 is 0. The van der Waals surface area contributed by atoms with Gasteiger partial charge in [0.2, 0.25) is 0 Å². The first-order valence-electron chi connectivity index (χ1n) is 5.21. The van der Waals surface area contributed by atoms with Crippen LogP contribution in [0, 0.1) is 11.8 Å². The summed E-state index contributed by atoms with van der Waals surface area (Å²) in [5, 5.41) is 0. The Morgan fingerprint density at radius 3 is 2.83 bits per heavy atom. The lowest BCUT2D eigenvalue weighted by atomic mass is 9.75. The minimum Gasteiger partial charge on any atom is -0.337 e. The van der Waals surface area contributed by atoms with Crippen molar-refractivity contribution >= 4 is 15.9 Å². The van der Waals surface area contributed by atoms with E-state index in [1.54, 1.807) is 4.90 Å². The molecule has 0 aromatic rings. The fourth-order valence-corrected chi connectivity index (χ4v) is 3.63. The van der Waals surface area contributed by atoms with Crippen LogP contribution in [0.5, 0.6) is 0 Å². The number of likely N-dealkylation sites (tertiary alicyclic amines) is 1. The number of piperidine rings is 1. The van der Waals surface area contributed by atoms with Crippen LogP contribution in [0.15, 0.2) is 0 Å². The van der Waals surface area contributed by atoms with E-state index in [9.17, 15) is 0 Å². The average molecular weight is 233 g/mol. The Morgan fingerprint density at radius 1 is 1.17 bits per heavy atom. The molecule has 70 valence electrons. The molecule has 12 heavy (non-hydrogen) atoms. The number of nitrogens with one attached hydrogen (secondary N) is 1. The quantitative estimate of drug-likeness (QED) is 0.597.